The summed E-state index contributed by atoms with van der Waals surface area (Å²) < 4.78 is 0. The summed E-state index contributed by atoms with van der Waals surface area (Å²) in [6.45, 7) is 4.56. The van der Waals surface area contributed by atoms with Gasteiger partial charge in [0.25, 0.3) is 0 Å². The molecule has 0 bridgehead atoms. The van der Waals surface area contributed by atoms with Crippen molar-refractivity contribution in [1.29, 1.82) is 0 Å². The van der Waals surface area contributed by atoms with Crippen LogP contribution in [0, 0.1) is 0 Å². The van der Waals surface area contributed by atoms with Crippen LogP contribution in [0.5, 0.6) is 0 Å². The molecule has 0 aromatic heterocycles. The molecule has 0 heterocycles. The molecule has 0 spiro atoms. The maximum absolute atomic E-state index is 2.40. The van der Waals surface area contributed by atoms with Crippen molar-refractivity contribution >= 4 is 0 Å². The van der Waals surface area contributed by atoms with Gasteiger partial charge >= 0.3 is 0 Å². The first-order chi connectivity index (χ1) is 13.4. The molecule has 0 aromatic rings. The Morgan fingerprint density at radius 2 is 0.593 bits per heavy atom. The SMILES string of the molecule is CCCC/C=C/CC/C=C/CCCCCCCCCCCCCCCCC. The molecule has 0 atom stereocenters. The van der Waals surface area contributed by atoms with Crippen LogP contribution in [0.25, 0.3) is 0 Å². The molecular weight excluding hydrogens is 324 g/mol. The van der Waals surface area contributed by atoms with E-state index in [1.165, 1.54) is 135 Å². The van der Waals surface area contributed by atoms with E-state index in [1.54, 1.807) is 0 Å². The lowest BCUT2D eigenvalue weighted by Crippen LogP contribution is -1.83. The zero-order valence-electron chi connectivity index (χ0n) is 19.2. The van der Waals surface area contributed by atoms with Gasteiger partial charge in [0.1, 0.15) is 0 Å². The van der Waals surface area contributed by atoms with Crippen molar-refractivity contribution in [3.8, 4) is 0 Å². The Morgan fingerprint density at radius 1 is 0.296 bits per heavy atom. The average Bonchev–Trinajstić information content (AvgIpc) is 2.68. The molecule has 0 saturated carbocycles. The van der Waals surface area contributed by atoms with Gasteiger partial charge in [-0.25, -0.2) is 0 Å². The summed E-state index contributed by atoms with van der Waals surface area (Å²) >= 11 is 0. The van der Waals surface area contributed by atoms with Gasteiger partial charge in [-0.1, -0.05) is 141 Å². The molecule has 0 unspecified atom stereocenters. The Labute approximate surface area is 173 Å². The molecule has 0 amide bonds. The summed E-state index contributed by atoms with van der Waals surface area (Å²) in [5.74, 6) is 0. The molecule has 0 rings (SSSR count). The molecule has 0 N–H and O–H groups in total. The molecular formula is C27H52. The lowest BCUT2D eigenvalue weighted by atomic mass is 10.0. The highest BCUT2D eigenvalue weighted by Gasteiger charge is 1.94. The standard InChI is InChI=1S/C27H52/c1-3-5-7-9-11-13-15-17-19-21-23-25-27-26-24-22-20-18-16-14-12-10-8-6-4-2/h9,11,17,19H,3-8,10,12-16,18,20-27H2,1-2H3/b11-9+,19-17+. The second-order valence-corrected chi connectivity index (χ2v) is 8.40. The third-order valence-corrected chi connectivity index (χ3v) is 5.53. The zero-order chi connectivity index (χ0) is 19.7. The van der Waals surface area contributed by atoms with E-state index in [-0.39, 0.29) is 0 Å². The van der Waals surface area contributed by atoms with Crippen molar-refractivity contribution in [2.24, 2.45) is 0 Å². The molecule has 0 aliphatic heterocycles. The molecule has 0 nitrogen and oxygen atoms in total. The monoisotopic (exact) mass is 376 g/mol. The summed E-state index contributed by atoms with van der Waals surface area (Å²) in [4.78, 5) is 0. The van der Waals surface area contributed by atoms with Gasteiger partial charge in [-0.05, 0) is 32.1 Å². The highest BCUT2D eigenvalue weighted by molar-refractivity contribution is 4.87. The summed E-state index contributed by atoms with van der Waals surface area (Å²) in [6.07, 6.45) is 38.9. The Bertz CT molecular complexity index is 299. The van der Waals surface area contributed by atoms with Gasteiger partial charge in [-0.2, -0.15) is 0 Å². The topological polar surface area (TPSA) is 0 Å². The Morgan fingerprint density at radius 3 is 1.00 bits per heavy atom. The predicted molar refractivity (Wildman–Crippen MR) is 127 cm³/mol. The molecule has 0 heteroatoms. The minimum absolute atomic E-state index is 1.22. The van der Waals surface area contributed by atoms with Gasteiger partial charge in [0.15, 0.2) is 0 Å². The average molecular weight is 377 g/mol. The molecule has 0 fully saturated rings. The first-order valence-corrected chi connectivity index (χ1v) is 12.7. The van der Waals surface area contributed by atoms with Crippen molar-refractivity contribution in [2.45, 2.75) is 149 Å². The van der Waals surface area contributed by atoms with Crippen molar-refractivity contribution in [3.05, 3.63) is 24.3 Å². The summed E-state index contributed by atoms with van der Waals surface area (Å²) in [7, 11) is 0. The quantitative estimate of drug-likeness (QED) is 0.130. The van der Waals surface area contributed by atoms with Crippen LogP contribution in [0.15, 0.2) is 24.3 Å². The van der Waals surface area contributed by atoms with Crippen molar-refractivity contribution in [3.63, 3.8) is 0 Å². The van der Waals surface area contributed by atoms with Crippen molar-refractivity contribution < 1.29 is 0 Å². The van der Waals surface area contributed by atoms with E-state index < -0.39 is 0 Å². The van der Waals surface area contributed by atoms with Gasteiger partial charge in [0, 0.05) is 0 Å². The molecule has 0 aliphatic rings. The second kappa shape index (κ2) is 25.5. The largest absolute Gasteiger partial charge is 0.0885 e. The van der Waals surface area contributed by atoms with Crippen LogP contribution in [0.2, 0.25) is 0 Å². The zero-order valence-corrected chi connectivity index (χ0v) is 19.2. The van der Waals surface area contributed by atoms with Crippen LogP contribution in [-0.4, -0.2) is 0 Å². The summed E-state index contributed by atoms with van der Waals surface area (Å²) in [5.41, 5.74) is 0. The lowest BCUT2D eigenvalue weighted by molar-refractivity contribution is 0.533. The van der Waals surface area contributed by atoms with Crippen LogP contribution in [0.3, 0.4) is 0 Å². The smallest absolute Gasteiger partial charge is 0.0316 e. The number of allylic oxidation sites excluding steroid dienone is 4. The van der Waals surface area contributed by atoms with Gasteiger partial charge in [-0.15, -0.1) is 0 Å². The van der Waals surface area contributed by atoms with Gasteiger partial charge < -0.3 is 0 Å². The van der Waals surface area contributed by atoms with Gasteiger partial charge in [-0.3, -0.25) is 0 Å². The molecule has 0 radical (unpaired) electrons. The minimum Gasteiger partial charge on any atom is -0.0885 e. The fourth-order valence-electron chi connectivity index (χ4n) is 3.62. The maximum Gasteiger partial charge on any atom is -0.0316 e. The van der Waals surface area contributed by atoms with E-state index in [1.807, 2.05) is 0 Å². The van der Waals surface area contributed by atoms with Crippen molar-refractivity contribution in [2.75, 3.05) is 0 Å². The normalized spacial score (nSPS) is 11.9. The molecule has 160 valence electrons. The van der Waals surface area contributed by atoms with E-state index in [9.17, 15) is 0 Å². The van der Waals surface area contributed by atoms with Crippen LogP contribution in [0.4, 0.5) is 0 Å². The van der Waals surface area contributed by atoms with Crippen LogP contribution in [-0.2, 0) is 0 Å². The number of hydrogen-bond acceptors (Lipinski definition) is 0. The summed E-state index contributed by atoms with van der Waals surface area (Å²) in [5, 5.41) is 0. The second-order valence-electron chi connectivity index (χ2n) is 8.40. The Balaban J connectivity index is 3.08. The van der Waals surface area contributed by atoms with Crippen molar-refractivity contribution in [1.82, 2.24) is 0 Å². The Hall–Kier alpha value is -0.520. The van der Waals surface area contributed by atoms with E-state index in [0.717, 1.165) is 0 Å². The lowest BCUT2D eigenvalue weighted by Gasteiger charge is -2.03. The predicted octanol–water partition coefficient (Wildman–Crippen LogP) is 10.3. The Kier molecular flexibility index (Phi) is 25.0. The molecule has 0 aliphatic carbocycles. The summed E-state index contributed by atoms with van der Waals surface area (Å²) in [6, 6.07) is 0. The fourth-order valence-corrected chi connectivity index (χ4v) is 3.62. The van der Waals surface area contributed by atoms with Gasteiger partial charge in [0.05, 0.1) is 0 Å². The highest BCUT2D eigenvalue weighted by atomic mass is 14.0. The number of unbranched alkanes of at least 4 members (excludes halogenated alkanes) is 18. The van der Waals surface area contributed by atoms with Gasteiger partial charge in [0.2, 0.25) is 0 Å². The van der Waals surface area contributed by atoms with E-state index in [2.05, 4.69) is 38.2 Å². The van der Waals surface area contributed by atoms with Crippen LogP contribution >= 0.6 is 0 Å². The molecule has 27 heavy (non-hydrogen) atoms. The van der Waals surface area contributed by atoms with Crippen LogP contribution < -0.4 is 0 Å². The number of rotatable bonds is 22. The third-order valence-electron chi connectivity index (χ3n) is 5.53. The van der Waals surface area contributed by atoms with E-state index in [0.29, 0.717) is 0 Å². The first-order valence-electron chi connectivity index (χ1n) is 12.7. The molecule has 0 aromatic carbocycles. The number of hydrogen-bond donors (Lipinski definition) is 0. The third kappa shape index (κ3) is 25.5. The fraction of sp³-hybridized carbons (Fsp3) is 0.852. The molecule has 0 saturated heterocycles. The van der Waals surface area contributed by atoms with E-state index in [4.69, 9.17) is 0 Å². The van der Waals surface area contributed by atoms with E-state index >= 15 is 0 Å². The first kappa shape index (κ1) is 26.5. The van der Waals surface area contributed by atoms with Crippen LogP contribution in [0.1, 0.15) is 149 Å². The minimum atomic E-state index is 1.22. The highest BCUT2D eigenvalue weighted by Crippen LogP contribution is 2.13. The maximum atomic E-state index is 2.40.